The summed E-state index contributed by atoms with van der Waals surface area (Å²) in [5, 5.41) is 8.25. The Morgan fingerprint density at radius 3 is 2.42 bits per heavy atom. The Labute approximate surface area is 160 Å². The molecule has 1 aromatic carbocycles. The van der Waals surface area contributed by atoms with Gasteiger partial charge in [0.1, 0.15) is 0 Å². The predicted molar refractivity (Wildman–Crippen MR) is 106 cm³/mol. The van der Waals surface area contributed by atoms with E-state index in [1.807, 2.05) is 28.8 Å². The van der Waals surface area contributed by atoms with E-state index in [1.54, 1.807) is 5.56 Å². The van der Waals surface area contributed by atoms with Gasteiger partial charge in [-0.2, -0.15) is 0 Å². The Kier molecular flexibility index (Phi) is 8.56. The Bertz CT molecular complexity index is 763. The van der Waals surface area contributed by atoms with E-state index in [1.165, 1.54) is 25.1 Å². The van der Waals surface area contributed by atoms with Crippen LogP contribution in [0.25, 0.3) is 5.65 Å². The second-order valence-corrected chi connectivity index (χ2v) is 5.72. The van der Waals surface area contributed by atoms with E-state index in [9.17, 15) is 0 Å². The van der Waals surface area contributed by atoms with Crippen LogP contribution in [0.15, 0.2) is 53.8 Å². The number of nitrogens with zero attached hydrogens (tertiary/aromatic N) is 4. The minimum atomic E-state index is 0. The molecule has 130 valence electrons. The van der Waals surface area contributed by atoms with Gasteiger partial charge in [0, 0.05) is 19.3 Å². The molecule has 3 aromatic rings. The summed E-state index contributed by atoms with van der Waals surface area (Å²) in [6, 6.07) is 14.5. The van der Waals surface area contributed by atoms with Crippen molar-refractivity contribution in [3.63, 3.8) is 0 Å². The number of hydrogen-bond donors (Lipinski definition) is 1. The molecular formula is C17H22Cl2N4S. The van der Waals surface area contributed by atoms with Crippen LogP contribution in [0.3, 0.4) is 0 Å². The molecule has 0 atom stereocenters. The molecule has 0 aliphatic carbocycles. The zero-order valence-corrected chi connectivity index (χ0v) is 16.0. The molecule has 0 saturated carbocycles. The topological polar surface area (TPSA) is 33.4 Å². The van der Waals surface area contributed by atoms with Gasteiger partial charge >= 0.3 is 0 Å². The van der Waals surface area contributed by atoms with Crippen LogP contribution in [0.5, 0.6) is 0 Å². The van der Waals surface area contributed by atoms with Crippen LogP contribution in [0.2, 0.25) is 0 Å². The number of fused-ring (bicyclic) bond motifs is 2. The molecule has 1 aliphatic rings. The van der Waals surface area contributed by atoms with Gasteiger partial charge < -0.3 is 0 Å². The van der Waals surface area contributed by atoms with Gasteiger partial charge in [-0.15, -0.1) is 47.6 Å². The van der Waals surface area contributed by atoms with Crippen molar-refractivity contribution in [2.45, 2.75) is 25.0 Å². The molecule has 4 rings (SSSR count). The fourth-order valence-electron chi connectivity index (χ4n) is 2.65. The minimum Gasteiger partial charge on any atom is -0.299 e. The molecule has 0 radical (unpaired) electrons. The first kappa shape index (κ1) is 20.8. The van der Waals surface area contributed by atoms with E-state index in [4.69, 9.17) is 0 Å². The molecule has 2 aromatic heterocycles. The van der Waals surface area contributed by atoms with Crippen LogP contribution in [0, 0.1) is 0 Å². The van der Waals surface area contributed by atoms with Gasteiger partial charge in [-0.3, -0.25) is 9.30 Å². The molecule has 0 bridgehead atoms. The van der Waals surface area contributed by atoms with Crippen molar-refractivity contribution in [2.75, 3.05) is 13.1 Å². The van der Waals surface area contributed by atoms with Crippen molar-refractivity contribution >= 4 is 43.1 Å². The summed E-state index contributed by atoms with van der Waals surface area (Å²) < 4.78 is 1.81. The first-order valence-corrected chi connectivity index (χ1v) is 8.00. The predicted octanol–water partition coefficient (Wildman–Crippen LogP) is 3.93. The Morgan fingerprint density at radius 1 is 1.00 bits per heavy atom. The second-order valence-electron chi connectivity index (χ2n) is 5.32. The summed E-state index contributed by atoms with van der Waals surface area (Å²) in [4.78, 5) is 2.49. The third-order valence-electron chi connectivity index (χ3n) is 3.95. The SMILES string of the molecule is CCN1CCc2ccccc2C1.Cl.Cl.Sc1nnc2ccccn12. The molecule has 0 amide bonds. The number of likely N-dealkylation sites (N-methyl/N-ethyl adjacent to an activating group) is 1. The fourth-order valence-corrected chi connectivity index (χ4v) is 2.87. The largest absolute Gasteiger partial charge is 0.299 e. The zero-order valence-electron chi connectivity index (χ0n) is 13.5. The van der Waals surface area contributed by atoms with Crippen molar-refractivity contribution in [2.24, 2.45) is 0 Å². The van der Waals surface area contributed by atoms with E-state index >= 15 is 0 Å². The molecule has 0 fully saturated rings. The van der Waals surface area contributed by atoms with E-state index in [2.05, 4.69) is 58.9 Å². The first-order valence-electron chi connectivity index (χ1n) is 7.56. The highest BCUT2D eigenvalue weighted by atomic mass is 35.5. The number of thiol groups is 1. The number of pyridine rings is 1. The molecule has 24 heavy (non-hydrogen) atoms. The number of halogens is 2. The van der Waals surface area contributed by atoms with Gasteiger partial charge in [0.15, 0.2) is 10.8 Å². The summed E-state index contributed by atoms with van der Waals surface area (Å²) >= 11 is 4.09. The summed E-state index contributed by atoms with van der Waals surface area (Å²) in [5.41, 5.74) is 3.89. The van der Waals surface area contributed by atoms with Gasteiger partial charge in [-0.1, -0.05) is 37.3 Å². The molecule has 7 heteroatoms. The van der Waals surface area contributed by atoms with E-state index in [0.29, 0.717) is 5.16 Å². The summed E-state index contributed by atoms with van der Waals surface area (Å²) in [6.45, 7) is 5.78. The standard InChI is InChI=1S/C11H15N.C6H5N3S.2ClH/c1-2-12-8-7-10-5-3-4-6-11(10)9-12;10-6-8-7-5-3-1-2-4-9(5)6;;/h3-6H,2,7-9H2,1H3;1-4H,(H,8,10);2*1H. The minimum absolute atomic E-state index is 0. The monoisotopic (exact) mass is 384 g/mol. The highest BCUT2D eigenvalue weighted by Gasteiger charge is 2.12. The lowest BCUT2D eigenvalue weighted by Gasteiger charge is -2.27. The second kappa shape index (κ2) is 9.89. The Hall–Kier alpha value is -1.27. The summed E-state index contributed by atoms with van der Waals surface area (Å²) in [5.74, 6) is 0. The average molecular weight is 385 g/mol. The Balaban J connectivity index is 0.000000224. The average Bonchev–Trinajstić information content (AvgIpc) is 2.97. The molecule has 0 saturated heterocycles. The Morgan fingerprint density at radius 2 is 1.71 bits per heavy atom. The quantitative estimate of drug-likeness (QED) is 0.645. The number of benzene rings is 1. The lowest BCUT2D eigenvalue weighted by molar-refractivity contribution is 0.268. The zero-order chi connectivity index (χ0) is 15.4. The first-order chi connectivity index (χ1) is 10.8. The van der Waals surface area contributed by atoms with Crippen molar-refractivity contribution in [1.82, 2.24) is 19.5 Å². The van der Waals surface area contributed by atoms with Crippen LogP contribution >= 0.6 is 37.4 Å². The van der Waals surface area contributed by atoms with Crippen LogP contribution in [-0.4, -0.2) is 32.6 Å². The molecular weight excluding hydrogens is 363 g/mol. The number of aromatic nitrogens is 3. The highest BCUT2D eigenvalue weighted by Crippen LogP contribution is 2.17. The maximum absolute atomic E-state index is 4.09. The lowest BCUT2D eigenvalue weighted by atomic mass is 10.0. The maximum Gasteiger partial charge on any atom is 0.192 e. The lowest BCUT2D eigenvalue weighted by Crippen LogP contribution is -2.29. The summed E-state index contributed by atoms with van der Waals surface area (Å²) in [6.07, 6.45) is 3.10. The summed E-state index contributed by atoms with van der Waals surface area (Å²) in [7, 11) is 0. The smallest absolute Gasteiger partial charge is 0.192 e. The molecule has 1 aliphatic heterocycles. The van der Waals surface area contributed by atoms with Crippen molar-refractivity contribution in [3.05, 3.63) is 59.8 Å². The van der Waals surface area contributed by atoms with E-state index in [-0.39, 0.29) is 24.8 Å². The molecule has 0 unspecified atom stereocenters. The van der Waals surface area contributed by atoms with Crippen LogP contribution in [0.1, 0.15) is 18.1 Å². The van der Waals surface area contributed by atoms with Gasteiger partial charge in [-0.05, 0) is 36.2 Å². The molecule has 3 heterocycles. The normalized spacial score (nSPS) is 13.1. The van der Waals surface area contributed by atoms with Crippen LogP contribution < -0.4 is 0 Å². The van der Waals surface area contributed by atoms with Gasteiger partial charge in [-0.25, -0.2) is 0 Å². The van der Waals surface area contributed by atoms with Crippen molar-refractivity contribution in [3.8, 4) is 0 Å². The van der Waals surface area contributed by atoms with Crippen molar-refractivity contribution in [1.29, 1.82) is 0 Å². The third kappa shape index (κ3) is 4.86. The van der Waals surface area contributed by atoms with Crippen molar-refractivity contribution < 1.29 is 0 Å². The van der Waals surface area contributed by atoms with Gasteiger partial charge in [0.05, 0.1) is 0 Å². The van der Waals surface area contributed by atoms with Gasteiger partial charge in [0.25, 0.3) is 0 Å². The van der Waals surface area contributed by atoms with E-state index < -0.39 is 0 Å². The number of rotatable bonds is 1. The van der Waals surface area contributed by atoms with Crippen LogP contribution in [-0.2, 0) is 13.0 Å². The highest BCUT2D eigenvalue weighted by molar-refractivity contribution is 7.80. The number of hydrogen-bond acceptors (Lipinski definition) is 4. The molecule has 0 N–H and O–H groups in total. The fraction of sp³-hybridized carbons (Fsp3) is 0.294. The molecule has 0 spiro atoms. The maximum atomic E-state index is 4.09. The third-order valence-corrected chi connectivity index (χ3v) is 4.26. The molecule has 4 nitrogen and oxygen atoms in total. The van der Waals surface area contributed by atoms with Gasteiger partial charge in [0.2, 0.25) is 0 Å². The van der Waals surface area contributed by atoms with E-state index in [0.717, 1.165) is 12.2 Å². The van der Waals surface area contributed by atoms with Crippen LogP contribution in [0.4, 0.5) is 0 Å².